The van der Waals surface area contributed by atoms with Crippen molar-refractivity contribution in [3.05, 3.63) is 29.8 Å². The number of hydrogen-bond acceptors (Lipinski definition) is 5. The highest BCUT2D eigenvalue weighted by molar-refractivity contribution is 7.92. The van der Waals surface area contributed by atoms with Crippen molar-refractivity contribution in [2.45, 2.75) is 24.1 Å². The van der Waals surface area contributed by atoms with Gasteiger partial charge in [0.25, 0.3) is 0 Å². The minimum atomic E-state index is -3.50. The molecule has 0 aliphatic carbocycles. The van der Waals surface area contributed by atoms with Crippen molar-refractivity contribution in [2.75, 3.05) is 38.8 Å². The first-order valence-electron chi connectivity index (χ1n) is 7.70. The Labute approximate surface area is 138 Å². The topological polar surface area (TPSA) is 78.5 Å². The van der Waals surface area contributed by atoms with E-state index in [1.54, 1.807) is 6.07 Å². The standard InChI is InChI=1S/C16H25N3O3S/c1-19(2)12-13-5-4-6-14(11-13)18-15(20)16(23(3,21)22)7-9-17-10-8-16/h4-6,11,17H,7-10,12H2,1-3H3,(H,18,20). The van der Waals surface area contributed by atoms with Crippen LogP contribution in [-0.4, -0.2) is 57.4 Å². The molecular formula is C16H25N3O3S. The van der Waals surface area contributed by atoms with Crippen LogP contribution < -0.4 is 10.6 Å². The molecule has 1 aliphatic rings. The molecule has 0 bridgehead atoms. The quantitative estimate of drug-likeness (QED) is 0.832. The van der Waals surface area contributed by atoms with E-state index in [9.17, 15) is 13.2 Å². The van der Waals surface area contributed by atoms with Gasteiger partial charge in [0, 0.05) is 18.5 Å². The first kappa shape index (κ1) is 17.9. The Morgan fingerprint density at radius 2 is 1.96 bits per heavy atom. The average Bonchev–Trinajstić information content (AvgIpc) is 2.46. The number of rotatable bonds is 5. The number of nitrogens with zero attached hydrogens (tertiary/aromatic N) is 1. The van der Waals surface area contributed by atoms with Gasteiger partial charge in [-0.15, -0.1) is 0 Å². The highest BCUT2D eigenvalue weighted by Gasteiger charge is 2.48. The van der Waals surface area contributed by atoms with Crippen LogP contribution in [0.15, 0.2) is 24.3 Å². The van der Waals surface area contributed by atoms with Crippen LogP contribution in [0.25, 0.3) is 0 Å². The number of carbonyl (C=O) groups excluding carboxylic acids is 1. The third-order valence-electron chi connectivity index (χ3n) is 4.22. The molecule has 1 aliphatic heterocycles. The number of sulfone groups is 1. The van der Waals surface area contributed by atoms with Crippen LogP contribution >= 0.6 is 0 Å². The summed E-state index contributed by atoms with van der Waals surface area (Å²) < 4.78 is 23.2. The third-order valence-corrected chi connectivity index (χ3v) is 6.23. The maximum Gasteiger partial charge on any atom is 0.245 e. The summed E-state index contributed by atoms with van der Waals surface area (Å²) in [6.45, 7) is 1.81. The summed E-state index contributed by atoms with van der Waals surface area (Å²) in [4.78, 5) is 14.8. The van der Waals surface area contributed by atoms with Crippen molar-refractivity contribution in [3.8, 4) is 0 Å². The van der Waals surface area contributed by atoms with Crippen molar-refractivity contribution >= 4 is 21.4 Å². The number of anilines is 1. The summed E-state index contributed by atoms with van der Waals surface area (Å²) in [6, 6.07) is 7.51. The SMILES string of the molecule is CN(C)Cc1cccc(NC(=O)C2(S(C)(=O)=O)CCNCC2)c1. The highest BCUT2D eigenvalue weighted by Crippen LogP contribution is 2.29. The van der Waals surface area contributed by atoms with Gasteiger partial charge in [-0.05, 0) is 57.7 Å². The van der Waals surface area contributed by atoms with Gasteiger partial charge in [0.1, 0.15) is 0 Å². The third kappa shape index (κ3) is 4.10. The van der Waals surface area contributed by atoms with E-state index in [1.807, 2.05) is 37.2 Å². The van der Waals surface area contributed by atoms with E-state index in [0.717, 1.165) is 18.4 Å². The van der Waals surface area contributed by atoms with E-state index in [4.69, 9.17) is 0 Å². The zero-order chi connectivity index (χ0) is 17.1. The van der Waals surface area contributed by atoms with Gasteiger partial charge in [-0.25, -0.2) is 8.42 Å². The largest absolute Gasteiger partial charge is 0.325 e. The van der Waals surface area contributed by atoms with Crippen LogP contribution in [-0.2, 0) is 21.2 Å². The molecule has 1 amide bonds. The summed E-state index contributed by atoms with van der Waals surface area (Å²) in [7, 11) is 0.446. The van der Waals surface area contributed by atoms with E-state index in [2.05, 4.69) is 10.6 Å². The van der Waals surface area contributed by atoms with Crippen LogP contribution in [0.5, 0.6) is 0 Å². The highest BCUT2D eigenvalue weighted by atomic mass is 32.2. The molecule has 2 N–H and O–H groups in total. The molecule has 7 heteroatoms. The fourth-order valence-corrected chi connectivity index (χ4v) is 4.29. The lowest BCUT2D eigenvalue weighted by atomic mass is 9.95. The number of amides is 1. The van der Waals surface area contributed by atoms with Gasteiger partial charge in [-0.1, -0.05) is 12.1 Å². The monoisotopic (exact) mass is 339 g/mol. The number of benzene rings is 1. The minimum Gasteiger partial charge on any atom is -0.325 e. The van der Waals surface area contributed by atoms with Crippen molar-refractivity contribution in [2.24, 2.45) is 0 Å². The molecule has 1 saturated heterocycles. The molecule has 23 heavy (non-hydrogen) atoms. The molecule has 1 fully saturated rings. The second-order valence-electron chi connectivity index (χ2n) is 6.41. The number of carbonyl (C=O) groups is 1. The number of piperidine rings is 1. The molecule has 0 saturated carbocycles. The second kappa shape index (κ2) is 6.98. The molecule has 0 radical (unpaired) electrons. The van der Waals surface area contributed by atoms with E-state index in [0.29, 0.717) is 31.6 Å². The van der Waals surface area contributed by atoms with E-state index in [-0.39, 0.29) is 0 Å². The van der Waals surface area contributed by atoms with Gasteiger partial charge >= 0.3 is 0 Å². The van der Waals surface area contributed by atoms with Crippen molar-refractivity contribution in [3.63, 3.8) is 0 Å². The maximum atomic E-state index is 12.7. The Bertz CT molecular complexity index is 665. The van der Waals surface area contributed by atoms with E-state index in [1.165, 1.54) is 0 Å². The average molecular weight is 339 g/mol. The smallest absolute Gasteiger partial charge is 0.245 e. The van der Waals surface area contributed by atoms with Gasteiger partial charge in [0.05, 0.1) is 0 Å². The summed E-state index contributed by atoms with van der Waals surface area (Å²) in [5, 5.41) is 5.92. The van der Waals surface area contributed by atoms with Crippen LogP contribution in [0.1, 0.15) is 18.4 Å². The molecular weight excluding hydrogens is 314 g/mol. The molecule has 0 spiro atoms. The Kier molecular flexibility index (Phi) is 5.44. The van der Waals surface area contributed by atoms with Gasteiger partial charge in [0.15, 0.2) is 14.6 Å². The lowest BCUT2D eigenvalue weighted by molar-refractivity contribution is -0.119. The molecule has 1 aromatic carbocycles. The molecule has 6 nitrogen and oxygen atoms in total. The zero-order valence-electron chi connectivity index (χ0n) is 13.9. The van der Waals surface area contributed by atoms with Gasteiger partial charge < -0.3 is 15.5 Å². The molecule has 1 heterocycles. The summed E-state index contributed by atoms with van der Waals surface area (Å²) in [6.07, 6.45) is 1.75. The van der Waals surface area contributed by atoms with Crippen molar-refractivity contribution in [1.29, 1.82) is 0 Å². The first-order chi connectivity index (χ1) is 10.7. The first-order valence-corrected chi connectivity index (χ1v) is 9.59. The summed E-state index contributed by atoms with van der Waals surface area (Å²) >= 11 is 0. The lowest BCUT2D eigenvalue weighted by Gasteiger charge is -2.34. The number of hydrogen-bond donors (Lipinski definition) is 2. The molecule has 128 valence electrons. The van der Waals surface area contributed by atoms with Crippen molar-refractivity contribution < 1.29 is 13.2 Å². The van der Waals surface area contributed by atoms with E-state index < -0.39 is 20.5 Å². The van der Waals surface area contributed by atoms with Crippen LogP contribution in [0, 0.1) is 0 Å². The lowest BCUT2D eigenvalue weighted by Crippen LogP contribution is -2.55. The Balaban J connectivity index is 2.22. The fourth-order valence-electron chi connectivity index (χ4n) is 2.95. The van der Waals surface area contributed by atoms with Crippen LogP contribution in [0.2, 0.25) is 0 Å². The Hall–Kier alpha value is -1.44. The predicted molar refractivity (Wildman–Crippen MR) is 92.1 cm³/mol. The molecule has 2 rings (SSSR count). The second-order valence-corrected chi connectivity index (χ2v) is 8.73. The van der Waals surface area contributed by atoms with E-state index >= 15 is 0 Å². The molecule has 1 aromatic rings. The predicted octanol–water partition coefficient (Wildman–Crippen LogP) is 0.854. The van der Waals surface area contributed by atoms with Gasteiger partial charge in [-0.3, -0.25) is 4.79 Å². The minimum absolute atomic E-state index is 0.301. The molecule has 0 aromatic heterocycles. The molecule has 0 atom stereocenters. The summed E-state index contributed by atoms with van der Waals surface area (Å²) in [5.41, 5.74) is 1.70. The van der Waals surface area contributed by atoms with Crippen LogP contribution in [0.3, 0.4) is 0 Å². The molecule has 0 unspecified atom stereocenters. The van der Waals surface area contributed by atoms with Crippen LogP contribution in [0.4, 0.5) is 5.69 Å². The number of nitrogens with one attached hydrogen (secondary N) is 2. The zero-order valence-corrected chi connectivity index (χ0v) is 14.7. The van der Waals surface area contributed by atoms with Gasteiger partial charge in [0.2, 0.25) is 5.91 Å². The van der Waals surface area contributed by atoms with Crippen molar-refractivity contribution in [1.82, 2.24) is 10.2 Å². The van der Waals surface area contributed by atoms with Gasteiger partial charge in [-0.2, -0.15) is 0 Å². The fraction of sp³-hybridized carbons (Fsp3) is 0.562. The summed E-state index contributed by atoms with van der Waals surface area (Å²) in [5.74, 6) is -0.427. The normalized spacial score (nSPS) is 17.9. The Morgan fingerprint density at radius 3 is 2.52 bits per heavy atom. The maximum absolute atomic E-state index is 12.7. The Morgan fingerprint density at radius 1 is 1.30 bits per heavy atom.